The number of rotatable bonds is 9. The molecule has 0 aliphatic carbocycles. The topological polar surface area (TPSA) is 71.1 Å². The summed E-state index contributed by atoms with van der Waals surface area (Å²) in [5.41, 5.74) is 1.14. The van der Waals surface area contributed by atoms with Crippen LogP contribution in [-0.4, -0.2) is 69.2 Å². The Balaban J connectivity index is 0.00000227. The molecule has 7 nitrogen and oxygen atoms in total. The van der Waals surface area contributed by atoms with Gasteiger partial charge < -0.3 is 19.7 Å². The molecule has 1 N–H and O–H groups in total. The molecule has 0 saturated carbocycles. The van der Waals surface area contributed by atoms with Gasteiger partial charge in [-0.25, -0.2) is 4.79 Å². The lowest BCUT2D eigenvalue weighted by Gasteiger charge is -2.28. The van der Waals surface area contributed by atoms with Crippen molar-refractivity contribution in [3.63, 3.8) is 0 Å². The number of nitrogens with zero attached hydrogens (tertiary/aromatic N) is 2. The quantitative estimate of drug-likeness (QED) is 0.695. The summed E-state index contributed by atoms with van der Waals surface area (Å²) in [6, 6.07) is 7.93. The molecule has 0 spiro atoms. The summed E-state index contributed by atoms with van der Waals surface area (Å²) in [4.78, 5) is 26.4. The van der Waals surface area contributed by atoms with Crippen LogP contribution in [0.25, 0.3) is 0 Å². The Kier molecular flexibility index (Phi) is 13.5. The van der Waals surface area contributed by atoms with Crippen molar-refractivity contribution in [2.24, 2.45) is 0 Å². The third-order valence-electron chi connectivity index (χ3n) is 4.03. The lowest BCUT2D eigenvalue weighted by molar-refractivity contribution is -0.130. The summed E-state index contributed by atoms with van der Waals surface area (Å²) in [6.07, 6.45) is 0.831. The molecular formula is C21H37N3O4. The molecular weight excluding hydrogens is 358 g/mol. The lowest BCUT2D eigenvalue weighted by atomic mass is 10.1. The van der Waals surface area contributed by atoms with Gasteiger partial charge in [-0.05, 0) is 31.2 Å². The number of benzene rings is 1. The Hall–Kier alpha value is -2.28. The van der Waals surface area contributed by atoms with E-state index in [2.05, 4.69) is 42.6 Å². The number of carbonyl (C=O) groups excluding carboxylic acids is 2. The first-order chi connectivity index (χ1) is 13.3. The van der Waals surface area contributed by atoms with Crippen molar-refractivity contribution in [2.75, 3.05) is 47.4 Å². The number of methoxy groups -OCH3 is 1. The van der Waals surface area contributed by atoms with Crippen molar-refractivity contribution in [1.82, 2.24) is 15.1 Å². The molecule has 0 aliphatic heterocycles. The van der Waals surface area contributed by atoms with E-state index in [0.717, 1.165) is 18.7 Å². The van der Waals surface area contributed by atoms with Crippen LogP contribution in [0.3, 0.4) is 0 Å². The first kappa shape index (κ1) is 25.7. The van der Waals surface area contributed by atoms with Crippen LogP contribution >= 0.6 is 0 Å². The molecule has 0 heterocycles. The van der Waals surface area contributed by atoms with E-state index < -0.39 is 6.09 Å². The zero-order valence-electron chi connectivity index (χ0n) is 18.4. The van der Waals surface area contributed by atoms with E-state index in [-0.39, 0.29) is 18.6 Å². The Bertz CT molecular complexity index is 561. The molecule has 1 unspecified atom stereocenters. The van der Waals surface area contributed by atoms with Crippen molar-refractivity contribution in [2.45, 2.75) is 40.2 Å². The molecule has 1 aromatic carbocycles. The number of nitrogens with one attached hydrogen (secondary N) is 1. The molecule has 0 radical (unpaired) electrons. The highest BCUT2D eigenvalue weighted by Gasteiger charge is 2.14. The zero-order chi connectivity index (χ0) is 21.5. The highest BCUT2D eigenvalue weighted by molar-refractivity contribution is 5.77. The molecule has 1 aromatic rings. The van der Waals surface area contributed by atoms with E-state index in [1.54, 1.807) is 14.1 Å². The number of amides is 2. The van der Waals surface area contributed by atoms with Gasteiger partial charge in [-0.1, -0.05) is 39.3 Å². The standard InChI is InChI=1S/C18H29N3O4.C3H8/c1-6-21(12-11-19-18(23)24-5)14(2)15-7-9-16(10-8-15)25-13-17(22)20(3)4;1-3-2/h7-10,14H,6,11-13H2,1-5H3,(H,19,23);3H2,1-2H3. The van der Waals surface area contributed by atoms with Gasteiger partial charge in [0.2, 0.25) is 0 Å². The first-order valence-electron chi connectivity index (χ1n) is 9.79. The molecule has 1 atom stereocenters. The number of carbonyl (C=O) groups is 2. The van der Waals surface area contributed by atoms with E-state index in [0.29, 0.717) is 12.3 Å². The van der Waals surface area contributed by atoms with Gasteiger partial charge in [-0.2, -0.15) is 0 Å². The second-order valence-corrected chi connectivity index (χ2v) is 6.58. The van der Waals surface area contributed by atoms with Crippen LogP contribution in [0.5, 0.6) is 5.75 Å². The summed E-state index contributed by atoms with van der Waals surface area (Å²) in [7, 11) is 4.75. The minimum Gasteiger partial charge on any atom is -0.484 e. The molecule has 7 heteroatoms. The number of likely N-dealkylation sites (N-methyl/N-ethyl adjacent to an activating group) is 2. The molecule has 1 rings (SSSR count). The molecule has 28 heavy (non-hydrogen) atoms. The smallest absolute Gasteiger partial charge is 0.406 e. The van der Waals surface area contributed by atoms with Gasteiger partial charge in [-0.15, -0.1) is 0 Å². The van der Waals surface area contributed by atoms with Crippen molar-refractivity contribution in [3.05, 3.63) is 29.8 Å². The predicted molar refractivity (Wildman–Crippen MR) is 113 cm³/mol. The van der Waals surface area contributed by atoms with E-state index in [4.69, 9.17) is 4.74 Å². The van der Waals surface area contributed by atoms with Gasteiger partial charge in [0, 0.05) is 33.2 Å². The fraction of sp³-hybridized carbons (Fsp3) is 0.619. The van der Waals surface area contributed by atoms with Crippen molar-refractivity contribution < 1.29 is 19.1 Å². The average molecular weight is 396 g/mol. The number of ether oxygens (including phenoxy) is 2. The monoisotopic (exact) mass is 395 g/mol. The second-order valence-electron chi connectivity index (χ2n) is 6.58. The van der Waals surface area contributed by atoms with E-state index in [1.807, 2.05) is 24.3 Å². The van der Waals surface area contributed by atoms with Gasteiger partial charge in [0.15, 0.2) is 6.61 Å². The minimum atomic E-state index is -0.419. The molecule has 0 aliphatic rings. The summed E-state index contributed by atoms with van der Waals surface area (Å²) in [5, 5.41) is 2.69. The third kappa shape index (κ3) is 10.2. The number of hydrogen-bond donors (Lipinski definition) is 1. The first-order valence-corrected chi connectivity index (χ1v) is 9.79. The summed E-state index contributed by atoms with van der Waals surface area (Å²) < 4.78 is 10.1. The molecule has 0 bridgehead atoms. The van der Waals surface area contributed by atoms with Crippen molar-refractivity contribution in [3.8, 4) is 5.75 Å². The van der Waals surface area contributed by atoms with Gasteiger partial charge >= 0.3 is 6.09 Å². The highest BCUT2D eigenvalue weighted by atomic mass is 16.5. The van der Waals surface area contributed by atoms with Crippen LogP contribution in [0, 0.1) is 0 Å². The largest absolute Gasteiger partial charge is 0.484 e. The Morgan fingerprint density at radius 1 is 1.11 bits per heavy atom. The predicted octanol–water partition coefficient (Wildman–Crippen LogP) is 3.31. The average Bonchev–Trinajstić information content (AvgIpc) is 2.69. The maximum atomic E-state index is 11.5. The molecule has 0 aromatic heterocycles. The van der Waals surface area contributed by atoms with Gasteiger partial charge in [0.25, 0.3) is 5.91 Å². The Labute approximate surface area is 170 Å². The van der Waals surface area contributed by atoms with Crippen molar-refractivity contribution in [1.29, 1.82) is 0 Å². The maximum absolute atomic E-state index is 11.5. The third-order valence-corrected chi connectivity index (χ3v) is 4.03. The van der Waals surface area contributed by atoms with Crippen LogP contribution < -0.4 is 10.1 Å². The number of hydrogen-bond acceptors (Lipinski definition) is 5. The van der Waals surface area contributed by atoms with Crippen molar-refractivity contribution >= 4 is 12.0 Å². The molecule has 0 saturated heterocycles. The second kappa shape index (κ2) is 14.7. The fourth-order valence-electron chi connectivity index (χ4n) is 2.33. The minimum absolute atomic E-state index is 0.0299. The fourth-order valence-corrected chi connectivity index (χ4v) is 2.33. The van der Waals surface area contributed by atoms with E-state index in [9.17, 15) is 9.59 Å². The summed E-state index contributed by atoms with van der Waals surface area (Å²) >= 11 is 0. The Morgan fingerprint density at radius 3 is 2.14 bits per heavy atom. The van der Waals surface area contributed by atoms with E-state index >= 15 is 0 Å². The normalized spacial score (nSPS) is 11.1. The van der Waals surface area contributed by atoms with E-state index in [1.165, 1.54) is 18.4 Å². The van der Waals surface area contributed by atoms with Gasteiger partial charge in [0.05, 0.1) is 7.11 Å². The van der Waals surface area contributed by atoms with Gasteiger partial charge in [-0.3, -0.25) is 9.69 Å². The molecule has 160 valence electrons. The lowest BCUT2D eigenvalue weighted by Crippen LogP contribution is -2.36. The molecule has 0 fully saturated rings. The summed E-state index contributed by atoms with van der Waals surface area (Å²) in [5.74, 6) is 0.592. The molecule has 2 amide bonds. The summed E-state index contributed by atoms with van der Waals surface area (Å²) in [6.45, 7) is 10.6. The Morgan fingerprint density at radius 2 is 1.68 bits per heavy atom. The van der Waals surface area contributed by atoms with Crippen LogP contribution in [-0.2, 0) is 9.53 Å². The zero-order valence-corrected chi connectivity index (χ0v) is 18.4. The van der Waals surface area contributed by atoms with Gasteiger partial charge in [0.1, 0.15) is 5.75 Å². The number of alkyl carbamates (subject to hydrolysis) is 1. The maximum Gasteiger partial charge on any atom is 0.406 e. The van der Waals surface area contributed by atoms with Crippen LogP contribution in [0.15, 0.2) is 24.3 Å². The van der Waals surface area contributed by atoms with Crippen LogP contribution in [0.1, 0.15) is 45.7 Å². The van der Waals surface area contributed by atoms with Crippen LogP contribution in [0.2, 0.25) is 0 Å². The van der Waals surface area contributed by atoms with Crippen LogP contribution in [0.4, 0.5) is 4.79 Å². The SMILES string of the molecule is CCC.CCN(CCNC(=O)OC)C(C)c1ccc(OCC(=O)N(C)C)cc1. The highest BCUT2D eigenvalue weighted by Crippen LogP contribution is 2.22.